The zero-order valence-electron chi connectivity index (χ0n) is 12.1. The average molecular weight is 305 g/mol. The van der Waals surface area contributed by atoms with Gasteiger partial charge in [-0.25, -0.2) is 4.98 Å². The highest BCUT2D eigenvalue weighted by Gasteiger charge is 2.40. The molecule has 1 N–H and O–H groups in total. The smallest absolute Gasteiger partial charge is 0.254 e. The Morgan fingerprint density at radius 1 is 1.52 bits per heavy atom. The molecular weight excluding hydrogens is 286 g/mol. The Morgan fingerprint density at radius 3 is 3.33 bits per heavy atom. The van der Waals surface area contributed by atoms with Crippen LogP contribution in [0.2, 0.25) is 0 Å². The highest BCUT2D eigenvalue weighted by atomic mass is 32.2. The molecule has 2 aromatic heterocycles. The molecule has 112 valence electrons. The van der Waals surface area contributed by atoms with Gasteiger partial charge in [-0.15, -0.1) is 0 Å². The topological polar surface area (TPSA) is 64.3 Å². The normalized spacial score (nSPS) is 29.3. The molecule has 0 radical (unpaired) electrons. The zero-order chi connectivity index (χ0) is 14.3. The van der Waals surface area contributed by atoms with Gasteiger partial charge in [-0.3, -0.25) is 0 Å². The predicted octanol–water partition coefficient (Wildman–Crippen LogP) is 1.90. The summed E-state index contributed by atoms with van der Waals surface area (Å²) in [5.74, 6) is 3.96. The van der Waals surface area contributed by atoms with Gasteiger partial charge in [0.15, 0.2) is 0 Å². The maximum atomic E-state index is 6.08. The van der Waals surface area contributed by atoms with E-state index in [0.29, 0.717) is 11.8 Å². The summed E-state index contributed by atoms with van der Waals surface area (Å²) in [7, 11) is 0. The number of nitrogens with zero attached hydrogens (tertiary/aromatic N) is 4. The second-order valence-electron chi connectivity index (χ2n) is 5.92. The molecule has 0 aliphatic carbocycles. The molecule has 6 nitrogen and oxygen atoms in total. The fraction of sp³-hybridized carbons (Fsp3) is 0.643. The SMILES string of the molecule is Cc1cc(N[C@@H]2CCO[C@]3(CCSC3)C2)n2ncnc2n1. The van der Waals surface area contributed by atoms with Gasteiger partial charge in [0.25, 0.3) is 5.78 Å². The third-order valence-corrected chi connectivity index (χ3v) is 5.52. The number of hydrogen-bond acceptors (Lipinski definition) is 6. The molecule has 7 heteroatoms. The van der Waals surface area contributed by atoms with Gasteiger partial charge in [0, 0.05) is 30.2 Å². The van der Waals surface area contributed by atoms with Crippen molar-refractivity contribution in [3.05, 3.63) is 18.1 Å². The van der Waals surface area contributed by atoms with Crippen LogP contribution in [-0.2, 0) is 4.74 Å². The Kier molecular flexibility index (Phi) is 3.26. The first-order valence-corrected chi connectivity index (χ1v) is 8.55. The third kappa shape index (κ3) is 2.48. The number of hydrogen-bond donors (Lipinski definition) is 1. The summed E-state index contributed by atoms with van der Waals surface area (Å²) in [6.45, 7) is 2.82. The summed E-state index contributed by atoms with van der Waals surface area (Å²) in [6.07, 6.45) is 4.82. The van der Waals surface area contributed by atoms with E-state index in [1.54, 1.807) is 10.8 Å². The molecule has 2 fully saturated rings. The number of anilines is 1. The lowest BCUT2D eigenvalue weighted by atomic mass is 9.90. The average Bonchev–Trinajstić information content (AvgIpc) is 3.08. The summed E-state index contributed by atoms with van der Waals surface area (Å²) < 4.78 is 7.86. The summed E-state index contributed by atoms with van der Waals surface area (Å²) in [6, 6.07) is 2.46. The fourth-order valence-electron chi connectivity index (χ4n) is 3.26. The van der Waals surface area contributed by atoms with E-state index in [9.17, 15) is 0 Å². The van der Waals surface area contributed by atoms with Crippen molar-refractivity contribution < 1.29 is 4.74 Å². The zero-order valence-corrected chi connectivity index (χ0v) is 12.9. The summed E-state index contributed by atoms with van der Waals surface area (Å²) in [5.41, 5.74) is 1.04. The van der Waals surface area contributed by atoms with Crippen LogP contribution in [0.25, 0.3) is 5.78 Å². The van der Waals surface area contributed by atoms with Crippen molar-refractivity contribution in [2.45, 2.75) is 37.8 Å². The maximum absolute atomic E-state index is 6.08. The van der Waals surface area contributed by atoms with E-state index in [1.165, 1.54) is 12.2 Å². The van der Waals surface area contributed by atoms with E-state index < -0.39 is 0 Å². The lowest BCUT2D eigenvalue weighted by molar-refractivity contribution is -0.0628. The molecule has 2 saturated heterocycles. The van der Waals surface area contributed by atoms with Crippen molar-refractivity contribution in [1.82, 2.24) is 19.6 Å². The van der Waals surface area contributed by atoms with Crippen molar-refractivity contribution in [1.29, 1.82) is 0 Å². The van der Waals surface area contributed by atoms with E-state index in [1.807, 2.05) is 24.8 Å². The molecule has 0 amide bonds. The number of aromatic nitrogens is 4. The van der Waals surface area contributed by atoms with Crippen LogP contribution in [-0.4, -0.2) is 49.3 Å². The largest absolute Gasteiger partial charge is 0.374 e. The van der Waals surface area contributed by atoms with E-state index in [2.05, 4.69) is 20.4 Å². The number of thioether (sulfide) groups is 1. The molecule has 21 heavy (non-hydrogen) atoms. The van der Waals surface area contributed by atoms with Crippen LogP contribution in [0, 0.1) is 6.92 Å². The van der Waals surface area contributed by atoms with Gasteiger partial charge < -0.3 is 10.1 Å². The Morgan fingerprint density at radius 2 is 2.48 bits per heavy atom. The van der Waals surface area contributed by atoms with Gasteiger partial charge in [-0.1, -0.05) is 0 Å². The molecule has 2 atom stereocenters. The Bertz CT molecular complexity index is 652. The molecule has 2 aliphatic rings. The first-order chi connectivity index (χ1) is 10.2. The van der Waals surface area contributed by atoms with Crippen LogP contribution < -0.4 is 5.32 Å². The van der Waals surface area contributed by atoms with Crippen LogP contribution in [0.5, 0.6) is 0 Å². The van der Waals surface area contributed by atoms with Crippen LogP contribution >= 0.6 is 11.8 Å². The Balaban J connectivity index is 1.58. The molecule has 4 rings (SSSR count). The first kappa shape index (κ1) is 13.3. The van der Waals surface area contributed by atoms with E-state index >= 15 is 0 Å². The number of ether oxygens (including phenoxy) is 1. The molecule has 2 aromatic rings. The minimum Gasteiger partial charge on any atom is -0.374 e. The van der Waals surface area contributed by atoms with Gasteiger partial charge >= 0.3 is 0 Å². The maximum Gasteiger partial charge on any atom is 0.254 e. The predicted molar refractivity (Wildman–Crippen MR) is 82.8 cm³/mol. The monoisotopic (exact) mass is 305 g/mol. The molecule has 2 aliphatic heterocycles. The second kappa shape index (κ2) is 5.14. The van der Waals surface area contributed by atoms with Gasteiger partial charge in [0.1, 0.15) is 12.1 Å². The van der Waals surface area contributed by atoms with Crippen molar-refractivity contribution in [3.8, 4) is 0 Å². The van der Waals surface area contributed by atoms with E-state index in [4.69, 9.17) is 4.74 Å². The standard InChI is InChI=1S/C14H19N5OS/c1-10-6-12(19-13(17-10)15-9-16-19)18-11-2-4-20-14(7-11)3-5-21-8-14/h6,9,11,18H,2-5,7-8H2,1H3/t11-,14-/m1/s1. The van der Waals surface area contributed by atoms with E-state index in [0.717, 1.165) is 36.7 Å². The lowest BCUT2D eigenvalue weighted by Gasteiger charge is -2.38. The van der Waals surface area contributed by atoms with Gasteiger partial charge in [-0.05, 0) is 31.9 Å². The molecular formula is C14H19N5OS. The lowest BCUT2D eigenvalue weighted by Crippen LogP contribution is -2.44. The number of fused-ring (bicyclic) bond motifs is 1. The first-order valence-electron chi connectivity index (χ1n) is 7.40. The minimum atomic E-state index is 0.0874. The van der Waals surface area contributed by atoms with Crippen LogP contribution in [0.1, 0.15) is 25.0 Å². The van der Waals surface area contributed by atoms with E-state index in [-0.39, 0.29) is 5.60 Å². The second-order valence-corrected chi connectivity index (χ2v) is 7.03. The fourth-order valence-corrected chi connectivity index (χ4v) is 4.64. The quantitative estimate of drug-likeness (QED) is 0.914. The van der Waals surface area contributed by atoms with Crippen molar-refractivity contribution in [2.24, 2.45) is 0 Å². The van der Waals surface area contributed by atoms with Gasteiger partial charge in [0.2, 0.25) is 0 Å². The molecule has 0 bridgehead atoms. The highest BCUT2D eigenvalue weighted by molar-refractivity contribution is 7.99. The van der Waals surface area contributed by atoms with Crippen LogP contribution in [0.15, 0.2) is 12.4 Å². The Labute approximate surface area is 127 Å². The Hall–Kier alpha value is -1.34. The van der Waals surface area contributed by atoms with Gasteiger partial charge in [0.05, 0.1) is 5.60 Å². The number of rotatable bonds is 2. The molecule has 1 spiro atoms. The molecule has 0 aromatic carbocycles. The summed E-state index contributed by atoms with van der Waals surface area (Å²) >= 11 is 2.00. The molecule has 4 heterocycles. The summed E-state index contributed by atoms with van der Waals surface area (Å²) in [4.78, 5) is 8.56. The van der Waals surface area contributed by atoms with Crippen molar-refractivity contribution >= 4 is 23.4 Å². The molecule has 0 saturated carbocycles. The van der Waals surface area contributed by atoms with Crippen molar-refractivity contribution in [3.63, 3.8) is 0 Å². The third-order valence-electron chi connectivity index (χ3n) is 4.29. The van der Waals surface area contributed by atoms with Crippen LogP contribution in [0.4, 0.5) is 5.82 Å². The summed E-state index contributed by atoms with van der Waals surface area (Å²) in [5, 5.41) is 7.89. The van der Waals surface area contributed by atoms with Crippen molar-refractivity contribution in [2.75, 3.05) is 23.4 Å². The number of aryl methyl sites for hydroxylation is 1. The number of nitrogens with one attached hydrogen (secondary N) is 1. The highest BCUT2D eigenvalue weighted by Crippen LogP contribution is 2.38. The van der Waals surface area contributed by atoms with Gasteiger partial charge in [-0.2, -0.15) is 26.4 Å². The molecule has 0 unspecified atom stereocenters. The van der Waals surface area contributed by atoms with Crippen LogP contribution in [0.3, 0.4) is 0 Å². The minimum absolute atomic E-state index is 0.0874.